The first kappa shape index (κ1) is 13.3. The standard InChI is InChI=1S/C13H15NO2S2/c1-13(2,12-9-6-10-17-12)14-18(15,16)11-7-4-3-5-8-11/h3-10,14H,1-2H3. The van der Waals surface area contributed by atoms with Crippen LogP contribution in [0.2, 0.25) is 0 Å². The molecule has 0 bridgehead atoms. The first-order valence-corrected chi connectivity index (χ1v) is 7.91. The van der Waals surface area contributed by atoms with E-state index in [0.717, 1.165) is 4.88 Å². The van der Waals surface area contributed by atoms with E-state index in [1.54, 1.807) is 30.3 Å². The number of thiophene rings is 1. The second-order valence-electron chi connectivity index (χ2n) is 4.52. The van der Waals surface area contributed by atoms with Crippen molar-refractivity contribution in [3.8, 4) is 0 Å². The van der Waals surface area contributed by atoms with Crippen molar-refractivity contribution in [1.29, 1.82) is 0 Å². The third-order valence-electron chi connectivity index (χ3n) is 2.58. The summed E-state index contributed by atoms with van der Waals surface area (Å²) < 4.78 is 27.2. The highest BCUT2D eigenvalue weighted by atomic mass is 32.2. The number of hydrogen-bond acceptors (Lipinski definition) is 3. The highest BCUT2D eigenvalue weighted by molar-refractivity contribution is 7.89. The molecule has 18 heavy (non-hydrogen) atoms. The fourth-order valence-corrected chi connectivity index (χ4v) is 3.97. The minimum Gasteiger partial charge on any atom is -0.207 e. The van der Waals surface area contributed by atoms with E-state index in [1.165, 1.54) is 11.3 Å². The molecule has 0 unspecified atom stereocenters. The van der Waals surface area contributed by atoms with Crippen molar-refractivity contribution in [1.82, 2.24) is 4.72 Å². The maximum Gasteiger partial charge on any atom is 0.241 e. The molecule has 1 heterocycles. The molecule has 0 fully saturated rings. The Balaban J connectivity index is 2.29. The van der Waals surface area contributed by atoms with Gasteiger partial charge in [-0.25, -0.2) is 13.1 Å². The predicted molar refractivity (Wildman–Crippen MR) is 74.1 cm³/mol. The summed E-state index contributed by atoms with van der Waals surface area (Å²) in [5.74, 6) is 0. The zero-order valence-electron chi connectivity index (χ0n) is 10.3. The normalized spacial score (nSPS) is 12.6. The van der Waals surface area contributed by atoms with Crippen molar-refractivity contribution >= 4 is 21.4 Å². The molecule has 1 aromatic heterocycles. The zero-order valence-corrected chi connectivity index (χ0v) is 11.9. The lowest BCUT2D eigenvalue weighted by Gasteiger charge is -2.24. The molecule has 1 aromatic carbocycles. The summed E-state index contributed by atoms with van der Waals surface area (Å²) in [6.07, 6.45) is 0. The minimum atomic E-state index is -3.49. The van der Waals surface area contributed by atoms with Crippen molar-refractivity contribution in [2.75, 3.05) is 0 Å². The van der Waals surface area contributed by atoms with Gasteiger partial charge >= 0.3 is 0 Å². The second kappa shape index (κ2) is 4.84. The Labute approximate surface area is 112 Å². The Morgan fingerprint density at radius 3 is 2.28 bits per heavy atom. The molecule has 0 spiro atoms. The van der Waals surface area contributed by atoms with E-state index in [9.17, 15) is 8.42 Å². The Kier molecular flexibility index (Phi) is 3.56. The fourth-order valence-electron chi connectivity index (χ4n) is 1.68. The van der Waals surface area contributed by atoms with E-state index in [4.69, 9.17) is 0 Å². The third kappa shape index (κ3) is 2.80. The number of hydrogen-bond donors (Lipinski definition) is 1. The largest absolute Gasteiger partial charge is 0.241 e. The van der Waals surface area contributed by atoms with Crippen molar-refractivity contribution < 1.29 is 8.42 Å². The van der Waals surface area contributed by atoms with Gasteiger partial charge in [0.1, 0.15) is 0 Å². The van der Waals surface area contributed by atoms with Crippen LogP contribution in [0.5, 0.6) is 0 Å². The lowest BCUT2D eigenvalue weighted by Crippen LogP contribution is -2.40. The van der Waals surface area contributed by atoms with Crippen LogP contribution in [0.1, 0.15) is 18.7 Å². The highest BCUT2D eigenvalue weighted by Crippen LogP contribution is 2.26. The maximum absolute atomic E-state index is 12.2. The predicted octanol–water partition coefficient (Wildman–Crippen LogP) is 2.96. The summed E-state index contributed by atoms with van der Waals surface area (Å²) in [7, 11) is -3.49. The molecule has 0 aliphatic heterocycles. The van der Waals surface area contributed by atoms with E-state index in [1.807, 2.05) is 31.4 Å². The van der Waals surface area contributed by atoms with Crippen molar-refractivity contribution in [3.63, 3.8) is 0 Å². The molecule has 0 saturated carbocycles. The summed E-state index contributed by atoms with van der Waals surface area (Å²) in [5, 5.41) is 1.94. The number of rotatable bonds is 4. The van der Waals surface area contributed by atoms with Crippen LogP contribution in [0.25, 0.3) is 0 Å². The van der Waals surface area contributed by atoms with Gasteiger partial charge in [0, 0.05) is 4.88 Å². The third-order valence-corrected chi connectivity index (χ3v) is 5.45. The molecule has 2 rings (SSSR count). The summed E-state index contributed by atoms with van der Waals surface area (Å²) in [4.78, 5) is 1.27. The van der Waals surface area contributed by atoms with Gasteiger partial charge in [0.05, 0.1) is 10.4 Å². The van der Waals surface area contributed by atoms with Gasteiger partial charge < -0.3 is 0 Å². The summed E-state index contributed by atoms with van der Waals surface area (Å²) >= 11 is 1.54. The van der Waals surface area contributed by atoms with Gasteiger partial charge in [-0.1, -0.05) is 24.3 Å². The number of sulfonamides is 1. The summed E-state index contributed by atoms with van der Waals surface area (Å²) in [6, 6.07) is 12.2. The summed E-state index contributed by atoms with van der Waals surface area (Å²) in [6.45, 7) is 3.72. The molecule has 1 N–H and O–H groups in total. The van der Waals surface area contributed by atoms with Crippen LogP contribution in [0.4, 0.5) is 0 Å². The highest BCUT2D eigenvalue weighted by Gasteiger charge is 2.28. The molecule has 2 aromatic rings. The summed E-state index contributed by atoms with van der Waals surface area (Å²) in [5.41, 5.74) is -0.608. The Morgan fingerprint density at radius 1 is 1.06 bits per heavy atom. The van der Waals surface area contributed by atoms with Crippen LogP contribution in [0.3, 0.4) is 0 Å². The molecule has 0 amide bonds. The van der Waals surface area contributed by atoms with Gasteiger partial charge in [-0.05, 0) is 37.4 Å². The van der Waals surface area contributed by atoms with Crippen molar-refractivity contribution in [2.24, 2.45) is 0 Å². The van der Waals surface area contributed by atoms with Crippen LogP contribution in [-0.4, -0.2) is 8.42 Å². The second-order valence-corrected chi connectivity index (χ2v) is 7.15. The van der Waals surface area contributed by atoms with Gasteiger partial charge in [0.15, 0.2) is 0 Å². The lowest BCUT2D eigenvalue weighted by atomic mass is 10.1. The van der Waals surface area contributed by atoms with Crippen LogP contribution in [0, 0.1) is 0 Å². The van der Waals surface area contributed by atoms with E-state index in [0.29, 0.717) is 0 Å². The van der Waals surface area contributed by atoms with Gasteiger partial charge in [0.25, 0.3) is 0 Å². The quantitative estimate of drug-likeness (QED) is 0.936. The van der Waals surface area contributed by atoms with E-state index in [2.05, 4.69) is 4.72 Å². The molecule has 0 radical (unpaired) electrons. The van der Waals surface area contributed by atoms with Gasteiger partial charge in [-0.2, -0.15) is 0 Å². The average Bonchev–Trinajstić information content (AvgIpc) is 2.83. The van der Waals surface area contributed by atoms with Crippen LogP contribution < -0.4 is 4.72 Å². The molecule has 3 nitrogen and oxygen atoms in total. The molecular formula is C13H15NO2S2. The molecule has 5 heteroatoms. The van der Waals surface area contributed by atoms with E-state index < -0.39 is 15.6 Å². The van der Waals surface area contributed by atoms with Crippen molar-refractivity contribution in [2.45, 2.75) is 24.3 Å². The Hall–Kier alpha value is -1.17. The van der Waals surface area contributed by atoms with Gasteiger partial charge in [-0.15, -0.1) is 11.3 Å². The fraction of sp³-hybridized carbons (Fsp3) is 0.231. The number of nitrogens with one attached hydrogen (secondary N) is 1. The molecule has 96 valence electrons. The van der Waals surface area contributed by atoms with Crippen LogP contribution >= 0.6 is 11.3 Å². The molecule has 0 aliphatic carbocycles. The molecule has 0 aliphatic rings. The Morgan fingerprint density at radius 2 is 1.72 bits per heavy atom. The minimum absolute atomic E-state index is 0.287. The molecule has 0 atom stereocenters. The monoisotopic (exact) mass is 281 g/mol. The number of benzene rings is 1. The molecule has 0 saturated heterocycles. The van der Waals surface area contributed by atoms with Gasteiger partial charge in [0.2, 0.25) is 10.0 Å². The first-order valence-electron chi connectivity index (χ1n) is 5.55. The zero-order chi connectivity index (χ0) is 13.2. The SMILES string of the molecule is CC(C)(NS(=O)(=O)c1ccccc1)c1cccs1. The van der Waals surface area contributed by atoms with Crippen LogP contribution in [-0.2, 0) is 15.6 Å². The average molecular weight is 281 g/mol. The van der Waals surface area contributed by atoms with E-state index >= 15 is 0 Å². The topological polar surface area (TPSA) is 46.2 Å². The van der Waals surface area contributed by atoms with Crippen molar-refractivity contribution in [3.05, 3.63) is 52.7 Å². The molecular weight excluding hydrogens is 266 g/mol. The smallest absolute Gasteiger partial charge is 0.207 e. The Bertz CT molecular complexity index is 602. The van der Waals surface area contributed by atoms with E-state index in [-0.39, 0.29) is 4.90 Å². The van der Waals surface area contributed by atoms with Gasteiger partial charge in [-0.3, -0.25) is 0 Å². The maximum atomic E-state index is 12.2. The van der Waals surface area contributed by atoms with Crippen LogP contribution in [0.15, 0.2) is 52.7 Å². The first-order chi connectivity index (χ1) is 8.42. The lowest BCUT2D eigenvalue weighted by molar-refractivity contribution is 0.480.